The van der Waals surface area contributed by atoms with Crippen molar-refractivity contribution in [3.63, 3.8) is 0 Å². The number of hydrogen-bond donors (Lipinski definition) is 1. The third kappa shape index (κ3) is 4.27. The van der Waals surface area contributed by atoms with Gasteiger partial charge < -0.3 is 14.6 Å². The molecule has 168 valence electrons. The van der Waals surface area contributed by atoms with Crippen LogP contribution >= 0.6 is 0 Å². The lowest BCUT2D eigenvalue weighted by Crippen LogP contribution is -2.22. The van der Waals surface area contributed by atoms with Gasteiger partial charge in [0, 0.05) is 22.5 Å². The zero-order valence-corrected chi connectivity index (χ0v) is 18.7. The lowest BCUT2D eigenvalue weighted by atomic mass is 10.2. The largest absolute Gasteiger partial charge is 0.462 e. The Morgan fingerprint density at radius 3 is 2.36 bits per heavy atom. The van der Waals surface area contributed by atoms with Crippen molar-refractivity contribution in [2.24, 2.45) is 0 Å². The summed E-state index contributed by atoms with van der Waals surface area (Å²) in [5, 5.41) is 8.41. The van der Waals surface area contributed by atoms with E-state index in [1.807, 2.05) is 48.7 Å². The second-order valence-corrected chi connectivity index (χ2v) is 7.59. The maximum atomic E-state index is 13.2. The first-order chi connectivity index (χ1) is 15.9. The number of hydrogen-bond acceptors (Lipinski definition) is 5. The number of aromatic nitrogens is 3. The van der Waals surface area contributed by atoms with Crippen LogP contribution in [0.2, 0.25) is 0 Å². The highest BCUT2D eigenvalue weighted by molar-refractivity contribution is 5.94. The molecule has 0 saturated carbocycles. The van der Waals surface area contributed by atoms with Gasteiger partial charge >= 0.3 is 5.97 Å². The minimum absolute atomic E-state index is 0.0384. The van der Waals surface area contributed by atoms with E-state index in [2.05, 4.69) is 10.4 Å². The van der Waals surface area contributed by atoms with Gasteiger partial charge in [0.25, 0.3) is 5.56 Å². The number of ether oxygens (including phenoxy) is 1. The monoisotopic (exact) mass is 444 g/mol. The number of carbonyl (C=O) groups is 2. The molecule has 33 heavy (non-hydrogen) atoms. The van der Waals surface area contributed by atoms with Crippen LogP contribution in [0, 0.1) is 13.8 Å². The van der Waals surface area contributed by atoms with Gasteiger partial charge in [-0.2, -0.15) is 9.78 Å². The van der Waals surface area contributed by atoms with Gasteiger partial charge in [0.05, 0.1) is 29.4 Å². The number of anilines is 1. The van der Waals surface area contributed by atoms with Gasteiger partial charge in [-0.05, 0) is 57.2 Å². The van der Waals surface area contributed by atoms with Crippen molar-refractivity contribution in [2.45, 2.75) is 27.3 Å². The van der Waals surface area contributed by atoms with Crippen molar-refractivity contribution >= 4 is 28.3 Å². The number of nitrogens with zero attached hydrogens (tertiary/aromatic N) is 3. The quantitative estimate of drug-likeness (QED) is 0.459. The zero-order chi connectivity index (χ0) is 23.5. The van der Waals surface area contributed by atoms with Crippen molar-refractivity contribution in [3.8, 4) is 5.69 Å². The van der Waals surface area contributed by atoms with E-state index in [-0.39, 0.29) is 18.0 Å². The minimum Gasteiger partial charge on any atom is -0.462 e. The summed E-state index contributed by atoms with van der Waals surface area (Å²) in [6, 6.07) is 15.7. The molecule has 2 heterocycles. The molecular weight excluding hydrogens is 420 g/mol. The smallest absolute Gasteiger partial charge is 0.338 e. The Bertz CT molecular complexity index is 1390. The highest BCUT2D eigenvalue weighted by Gasteiger charge is 2.18. The molecule has 0 unspecified atom stereocenters. The third-order valence-corrected chi connectivity index (χ3v) is 5.52. The van der Waals surface area contributed by atoms with Gasteiger partial charge in [-0.15, -0.1) is 0 Å². The van der Waals surface area contributed by atoms with Crippen molar-refractivity contribution in [3.05, 3.63) is 88.1 Å². The minimum atomic E-state index is -0.407. The van der Waals surface area contributed by atoms with E-state index < -0.39 is 5.97 Å². The number of carbonyl (C=O) groups excluding carboxylic acids is 2. The van der Waals surface area contributed by atoms with E-state index >= 15 is 0 Å². The summed E-state index contributed by atoms with van der Waals surface area (Å²) in [7, 11) is 0. The molecule has 1 amide bonds. The normalized spacial score (nSPS) is 10.9. The number of rotatable bonds is 6. The Hall–Kier alpha value is -4.20. The van der Waals surface area contributed by atoms with Crippen LogP contribution in [0.15, 0.2) is 65.6 Å². The lowest BCUT2D eigenvalue weighted by Gasteiger charge is -2.10. The van der Waals surface area contributed by atoms with Gasteiger partial charge in [0.1, 0.15) is 6.54 Å². The van der Waals surface area contributed by atoms with Gasteiger partial charge in [0.15, 0.2) is 0 Å². The van der Waals surface area contributed by atoms with Crippen molar-refractivity contribution < 1.29 is 14.3 Å². The molecule has 8 heteroatoms. The molecule has 4 aromatic rings. The highest BCUT2D eigenvalue weighted by Crippen LogP contribution is 2.22. The predicted molar refractivity (Wildman–Crippen MR) is 126 cm³/mol. The zero-order valence-electron chi connectivity index (χ0n) is 18.7. The predicted octanol–water partition coefficient (Wildman–Crippen LogP) is 3.62. The summed E-state index contributed by atoms with van der Waals surface area (Å²) in [4.78, 5) is 37.7. The van der Waals surface area contributed by atoms with Gasteiger partial charge in [0.2, 0.25) is 5.91 Å². The van der Waals surface area contributed by atoms with Gasteiger partial charge in [-0.1, -0.05) is 18.2 Å². The summed E-state index contributed by atoms with van der Waals surface area (Å²) in [6.07, 6.45) is 1.66. The molecular formula is C25H24N4O4. The van der Waals surface area contributed by atoms with E-state index in [0.29, 0.717) is 34.6 Å². The fourth-order valence-electron chi connectivity index (χ4n) is 3.85. The second-order valence-electron chi connectivity index (χ2n) is 7.59. The number of benzene rings is 2. The molecule has 0 aliphatic heterocycles. The van der Waals surface area contributed by atoms with Gasteiger partial charge in [-0.3, -0.25) is 9.59 Å². The molecule has 2 aromatic heterocycles. The second kappa shape index (κ2) is 9.12. The summed E-state index contributed by atoms with van der Waals surface area (Å²) in [5.74, 6) is -0.655. The molecule has 0 radical (unpaired) electrons. The van der Waals surface area contributed by atoms with E-state index in [1.54, 1.807) is 37.4 Å². The summed E-state index contributed by atoms with van der Waals surface area (Å²) < 4.78 is 8.14. The lowest BCUT2D eigenvalue weighted by molar-refractivity contribution is -0.116. The molecule has 0 aliphatic rings. The number of esters is 1. The Balaban J connectivity index is 1.59. The third-order valence-electron chi connectivity index (χ3n) is 5.52. The fraction of sp³-hybridized carbons (Fsp3) is 0.200. The first-order valence-electron chi connectivity index (χ1n) is 10.6. The average molecular weight is 444 g/mol. The molecule has 0 bridgehead atoms. The van der Waals surface area contributed by atoms with Crippen molar-refractivity contribution in [1.29, 1.82) is 0 Å². The standard InChI is InChI=1S/C25H24N4O4/c1-4-33-25(32)18-10-12-19(13-11-18)27-22(30)15-28-16(2)21-14-26-29(20-8-6-5-7-9-20)24(31)23(21)17(28)3/h5-14H,4,15H2,1-3H3,(H,27,30). The van der Waals surface area contributed by atoms with Crippen LogP contribution in [0.3, 0.4) is 0 Å². The van der Waals surface area contributed by atoms with Crippen LogP contribution in [0.4, 0.5) is 5.69 Å². The van der Waals surface area contributed by atoms with Gasteiger partial charge in [-0.25, -0.2) is 4.79 Å². The number of fused-ring (bicyclic) bond motifs is 1. The van der Waals surface area contributed by atoms with Crippen LogP contribution in [0.25, 0.3) is 16.5 Å². The fourth-order valence-corrected chi connectivity index (χ4v) is 3.85. The SMILES string of the molecule is CCOC(=O)c1ccc(NC(=O)Cn2c(C)c3cnn(-c4ccccc4)c(=O)c3c2C)cc1. The number of nitrogens with one attached hydrogen (secondary N) is 1. The van der Waals surface area contributed by atoms with E-state index in [1.165, 1.54) is 4.68 Å². The van der Waals surface area contributed by atoms with Crippen LogP contribution < -0.4 is 10.9 Å². The van der Waals surface area contributed by atoms with E-state index in [4.69, 9.17) is 4.74 Å². The maximum absolute atomic E-state index is 13.2. The van der Waals surface area contributed by atoms with Crippen molar-refractivity contribution in [2.75, 3.05) is 11.9 Å². The van der Waals surface area contributed by atoms with E-state index in [9.17, 15) is 14.4 Å². The van der Waals surface area contributed by atoms with Crippen LogP contribution in [0.5, 0.6) is 0 Å². The Kier molecular flexibility index (Phi) is 6.08. The Labute approximate surface area is 190 Å². The molecule has 1 N–H and O–H groups in total. The van der Waals surface area contributed by atoms with Crippen LogP contribution in [-0.4, -0.2) is 32.8 Å². The summed E-state index contributed by atoms with van der Waals surface area (Å²) in [6.45, 7) is 5.77. The maximum Gasteiger partial charge on any atom is 0.338 e. The van der Waals surface area contributed by atoms with E-state index in [0.717, 1.165) is 11.1 Å². The molecule has 0 fully saturated rings. The molecule has 0 saturated heterocycles. The highest BCUT2D eigenvalue weighted by atomic mass is 16.5. The number of amides is 1. The molecule has 8 nitrogen and oxygen atoms in total. The molecule has 2 aromatic carbocycles. The number of aryl methyl sites for hydroxylation is 2. The number of para-hydroxylation sites is 1. The Morgan fingerprint density at radius 1 is 1.00 bits per heavy atom. The summed E-state index contributed by atoms with van der Waals surface area (Å²) in [5.41, 5.74) is 2.92. The van der Waals surface area contributed by atoms with Crippen molar-refractivity contribution in [1.82, 2.24) is 14.3 Å². The topological polar surface area (TPSA) is 95.2 Å². The molecule has 0 aliphatic carbocycles. The van der Waals surface area contributed by atoms with Crippen LogP contribution in [-0.2, 0) is 16.1 Å². The summed E-state index contributed by atoms with van der Waals surface area (Å²) >= 11 is 0. The molecule has 4 rings (SSSR count). The molecule has 0 spiro atoms. The Morgan fingerprint density at radius 2 is 1.70 bits per heavy atom. The first-order valence-corrected chi connectivity index (χ1v) is 10.6. The average Bonchev–Trinajstić information content (AvgIpc) is 3.05. The molecule has 0 atom stereocenters. The first kappa shape index (κ1) is 22.0. The van der Waals surface area contributed by atoms with Crippen LogP contribution in [0.1, 0.15) is 28.7 Å².